The van der Waals surface area contributed by atoms with Crippen LogP contribution >= 0.6 is 0 Å². The minimum Gasteiger partial charge on any atom is -0.491 e. The van der Waals surface area contributed by atoms with E-state index in [0.29, 0.717) is 42.4 Å². The van der Waals surface area contributed by atoms with E-state index in [1.165, 1.54) is 0 Å². The van der Waals surface area contributed by atoms with E-state index in [1.54, 1.807) is 37.3 Å². The van der Waals surface area contributed by atoms with Crippen LogP contribution in [0.2, 0.25) is 0 Å². The van der Waals surface area contributed by atoms with Crippen molar-refractivity contribution in [1.82, 2.24) is 9.80 Å². The van der Waals surface area contributed by atoms with Gasteiger partial charge in [0, 0.05) is 51.2 Å². The molecule has 0 saturated heterocycles. The summed E-state index contributed by atoms with van der Waals surface area (Å²) in [7, 11) is 3.40. The van der Waals surface area contributed by atoms with Crippen molar-refractivity contribution < 1.29 is 23.9 Å². The van der Waals surface area contributed by atoms with E-state index in [4.69, 9.17) is 9.47 Å². The number of hydrogen-bond donors (Lipinski definition) is 1. The monoisotopic (exact) mass is 499 g/mol. The van der Waals surface area contributed by atoms with Gasteiger partial charge in [0.2, 0.25) is 11.8 Å². The van der Waals surface area contributed by atoms with E-state index in [2.05, 4.69) is 12.2 Å². The molecule has 8 heteroatoms. The molecule has 8 nitrogen and oxygen atoms in total. The Kier molecular flexibility index (Phi) is 8.54. The summed E-state index contributed by atoms with van der Waals surface area (Å²) in [6.45, 7) is 5.27. The van der Waals surface area contributed by atoms with E-state index >= 15 is 0 Å². The zero-order valence-electron chi connectivity index (χ0n) is 22.1. The first-order valence-electron chi connectivity index (χ1n) is 13.4. The Morgan fingerprint density at radius 1 is 1.11 bits per heavy atom. The molecule has 3 amide bonds. The second-order valence-electron chi connectivity index (χ2n) is 11.0. The number of rotatable bonds is 5. The first-order valence-corrected chi connectivity index (χ1v) is 13.4. The SMILES string of the molecule is CO[C@H]1CN(C)C(=O)c2cc(NC(=O)C3CCCC3)ccc2OC[C@@H](C)N(C(=O)CC2CC2)C[C@H]1C. The molecule has 36 heavy (non-hydrogen) atoms. The molecule has 1 N–H and O–H groups in total. The number of likely N-dealkylation sites (N-methyl/N-ethyl adjacent to an activating group) is 1. The lowest BCUT2D eigenvalue weighted by molar-refractivity contribution is -0.135. The minimum atomic E-state index is -0.226. The number of hydrogen-bond acceptors (Lipinski definition) is 5. The number of carbonyl (C=O) groups is 3. The highest BCUT2D eigenvalue weighted by Crippen LogP contribution is 2.34. The lowest BCUT2D eigenvalue weighted by Crippen LogP contribution is -2.48. The third-order valence-corrected chi connectivity index (χ3v) is 7.92. The van der Waals surface area contributed by atoms with Gasteiger partial charge in [0.05, 0.1) is 17.7 Å². The highest BCUT2D eigenvalue weighted by Gasteiger charge is 2.33. The number of ether oxygens (including phenoxy) is 2. The first-order chi connectivity index (χ1) is 17.3. The second kappa shape index (κ2) is 11.6. The molecule has 1 aliphatic heterocycles. The van der Waals surface area contributed by atoms with Gasteiger partial charge in [0.15, 0.2) is 0 Å². The summed E-state index contributed by atoms with van der Waals surface area (Å²) in [5.41, 5.74) is 0.988. The van der Waals surface area contributed by atoms with Gasteiger partial charge in [-0.2, -0.15) is 0 Å². The van der Waals surface area contributed by atoms with Gasteiger partial charge in [0.1, 0.15) is 12.4 Å². The molecule has 1 aromatic rings. The minimum absolute atomic E-state index is 0.00837. The molecule has 1 aromatic carbocycles. The number of methoxy groups -OCH3 is 1. The molecular formula is C28H41N3O5. The molecule has 3 atom stereocenters. The quantitative estimate of drug-likeness (QED) is 0.663. The van der Waals surface area contributed by atoms with E-state index in [0.717, 1.165) is 38.5 Å². The summed E-state index contributed by atoms with van der Waals surface area (Å²) in [5, 5.41) is 2.99. The van der Waals surface area contributed by atoms with Gasteiger partial charge < -0.3 is 24.6 Å². The Labute approximate surface area is 214 Å². The predicted molar refractivity (Wildman–Crippen MR) is 138 cm³/mol. The topological polar surface area (TPSA) is 88.2 Å². The fourth-order valence-electron chi connectivity index (χ4n) is 5.32. The number of fused-ring (bicyclic) bond motifs is 1. The summed E-state index contributed by atoms with van der Waals surface area (Å²) in [4.78, 5) is 42.9. The molecule has 0 bridgehead atoms. The molecule has 1 heterocycles. The van der Waals surface area contributed by atoms with Crippen LogP contribution in [0.4, 0.5) is 5.69 Å². The average molecular weight is 500 g/mol. The summed E-state index contributed by atoms with van der Waals surface area (Å²) in [6.07, 6.45) is 6.58. The average Bonchev–Trinajstić information content (AvgIpc) is 3.50. The zero-order chi connectivity index (χ0) is 25.8. The first kappa shape index (κ1) is 26.5. The number of benzene rings is 1. The lowest BCUT2D eigenvalue weighted by Gasteiger charge is -2.36. The molecule has 0 spiro atoms. The lowest BCUT2D eigenvalue weighted by atomic mass is 10.0. The van der Waals surface area contributed by atoms with Gasteiger partial charge >= 0.3 is 0 Å². The second-order valence-corrected chi connectivity index (χ2v) is 11.0. The standard InChI is InChI=1S/C28H41N3O5/c1-18-15-31(26(32)13-20-9-10-20)19(2)17-36-24-12-11-22(29-27(33)21-7-5-6-8-21)14-23(24)28(34)30(3)16-25(18)35-4/h11-12,14,18-21,25H,5-10,13,15-17H2,1-4H3,(H,29,33)/t18-,19-,25+/m1/s1. The summed E-state index contributed by atoms with van der Waals surface area (Å²) < 4.78 is 11.9. The van der Waals surface area contributed by atoms with Crippen molar-refractivity contribution in [1.29, 1.82) is 0 Å². The van der Waals surface area contributed by atoms with Crippen LogP contribution in [0, 0.1) is 17.8 Å². The van der Waals surface area contributed by atoms with Crippen LogP contribution in [0.3, 0.4) is 0 Å². The van der Waals surface area contributed by atoms with Crippen molar-refractivity contribution in [2.24, 2.45) is 17.8 Å². The van der Waals surface area contributed by atoms with Crippen LogP contribution in [-0.2, 0) is 14.3 Å². The van der Waals surface area contributed by atoms with Gasteiger partial charge in [-0.15, -0.1) is 0 Å². The maximum atomic E-state index is 13.5. The van der Waals surface area contributed by atoms with Crippen molar-refractivity contribution in [3.8, 4) is 5.75 Å². The molecular weight excluding hydrogens is 458 g/mol. The highest BCUT2D eigenvalue weighted by molar-refractivity contribution is 5.99. The molecule has 2 fully saturated rings. The maximum absolute atomic E-state index is 13.5. The largest absolute Gasteiger partial charge is 0.491 e. The van der Waals surface area contributed by atoms with Gasteiger partial charge in [-0.05, 0) is 56.7 Å². The fourth-order valence-corrected chi connectivity index (χ4v) is 5.32. The van der Waals surface area contributed by atoms with Gasteiger partial charge in [-0.1, -0.05) is 19.8 Å². The Hall–Kier alpha value is -2.61. The van der Waals surface area contributed by atoms with Crippen molar-refractivity contribution >= 4 is 23.4 Å². The van der Waals surface area contributed by atoms with E-state index in [1.807, 2.05) is 11.8 Å². The number of nitrogens with one attached hydrogen (secondary N) is 1. The van der Waals surface area contributed by atoms with Gasteiger partial charge in [-0.3, -0.25) is 14.4 Å². The molecule has 198 valence electrons. The summed E-state index contributed by atoms with van der Waals surface area (Å²) >= 11 is 0. The van der Waals surface area contributed by atoms with Crippen LogP contribution in [0.25, 0.3) is 0 Å². The number of amides is 3. The van der Waals surface area contributed by atoms with E-state index in [-0.39, 0.29) is 48.3 Å². The van der Waals surface area contributed by atoms with Crippen molar-refractivity contribution in [2.75, 3.05) is 39.2 Å². The smallest absolute Gasteiger partial charge is 0.257 e. The number of nitrogens with zero attached hydrogens (tertiary/aromatic N) is 2. The van der Waals surface area contributed by atoms with Crippen molar-refractivity contribution in [2.45, 2.75) is 70.9 Å². The third-order valence-electron chi connectivity index (χ3n) is 7.92. The van der Waals surface area contributed by atoms with Crippen LogP contribution in [0.15, 0.2) is 18.2 Å². The van der Waals surface area contributed by atoms with Crippen molar-refractivity contribution in [3.05, 3.63) is 23.8 Å². The maximum Gasteiger partial charge on any atom is 0.257 e. The van der Waals surface area contributed by atoms with Crippen LogP contribution in [0.5, 0.6) is 5.75 Å². The Morgan fingerprint density at radius 3 is 2.50 bits per heavy atom. The fraction of sp³-hybridized carbons (Fsp3) is 0.679. The Balaban J connectivity index is 1.59. The van der Waals surface area contributed by atoms with E-state index < -0.39 is 0 Å². The van der Waals surface area contributed by atoms with Crippen LogP contribution < -0.4 is 10.1 Å². The summed E-state index contributed by atoms with van der Waals surface area (Å²) in [5.74, 6) is 0.996. The Bertz CT molecular complexity index is 957. The molecule has 0 radical (unpaired) electrons. The summed E-state index contributed by atoms with van der Waals surface area (Å²) in [6, 6.07) is 5.08. The number of carbonyl (C=O) groups excluding carboxylic acids is 3. The highest BCUT2D eigenvalue weighted by atomic mass is 16.5. The number of anilines is 1. The third kappa shape index (κ3) is 6.38. The molecule has 0 aromatic heterocycles. The molecule has 2 saturated carbocycles. The molecule has 2 aliphatic carbocycles. The molecule has 4 rings (SSSR count). The molecule has 0 unspecified atom stereocenters. The van der Waals surface area contributed by atoms with E-state index in [9.17, 15) is 14.4 Å². The van der Waals surface area contributed by atoms with Crippen LogP contribution in [0.1, 0.15) is 69.2 Å². The zero-order valence-corrected chi connectivity index (χ0v) is 22.1. The van der Waals surface area contributed by atoms with Crippen molar-refractivity contribution in [3.63, 3.8) is 0 Å². The van der Waals surface area contributed by atoms with Gasteiger partial charge in [0.25, 0.3) is 5.91 Å². The normalized spacial score (nSPS) is 26.0. The predicted octanol–water partition coefficient (Wildman–Crippen LogP) is 3.95. The van der Waals surface area contributed by atoms with Crippen LogP contribution in [-0.4, -0.2) is 73.5 Å². The Morgan fingerprint density at radius 2 is 1.83 bits per heavy atom. The van der Waals surface area contributed by atoms with Gasteiger partial charge in [-0.25, -0.2) is 0 Å². The molecule has 3 aliphatic rings.